The first-order valence-electron chi connectivity index (χ1n) is 11.6. The number of carboxylic acid groups (broad SMARTS) is 2. The van der Waals surface area contributed by atoms with E-state index in [1.165, 1.54) is 29.5 Å². The highest BCUT2D eigenvalue weighted by Gasteiger charge is 2.40. The fraction of sp³-hybridized carbons (Fsp3) is 0.138. The van der Waals surface area contributed by atoms with Gasteiger partial charge in [-0.3, -0.25) is 9.69 Å². The molecule has 0 aliphatic carbocycles. The Hall–Kier alpha value is -4.34. The van der Waals surface area contributed by atoms with Gasteiger partial charge in [-0.25, -0.2) is 9.59 Å². The number of benzene rings is 4. The molecule has 38 heavy (non-hydrogen) atoms. The quantitative estimate of drug-likeness (QED) is 0.277. The smallest absolute Gasteiger partial charge is 0.335 e. The maximum absolute atomic E-state index is 12.9. The molecule has 6 rings (SSSR count). The van der Waals surface area contributed by atoms with Crippen LogP contribution in [0.1, 0.15) is 42.8 Å². The number of hydrogen-bond acceptors (Lipinski definition) is 6. The van der Waals surface area contributed by atoms with Gasteiger partial charge in [-0.2, -0.15) is 0 Å². The summed E-state index contributed by atoms with van der Waals surface area (Å²) >= 11 is 1.31. The van der Waals surface area contributed by atoms with Crippen molar-refractivity contribution in [2.24, 2.45) is 0 Å². The number of carbonyl (C=O) groups excluding carboxylic acids is 1. The lowest BCUT2D eigenvalue weighted by Crippen LogP contribution is -2.37. The lowest BCUT2D eigenvalue weighted by molar-refractivity contribution is 0.0696. The second-order valence-electron chi connectivity index (χ2n) is 8.46. The van der Waals surface area contributed by atoms with Gasteiger partial charge in [0.2, 0.25) is 0 Å². The Balaban J connectivity index is 0.000000173. The van der Waals surface area contributed by atoms with Gasteiger partial charge >= 0.3 is 11.9 Å². The molecular weight excluding hydrogens is 504 g/mol. The van der Waals surface area contributed by atoms with E-state index in [4.69, 9.17) is 10.2 Å². The maximum Gasteiger partial charge on any atom is 0.335 e. The van der Waals surface area contributed by atoms with Crippen molar-refractivity contribution >= 4 is 51.8 Å². The molecular formula is C29H26N2O6S. The number of thioether (sulfide) groups is 1. The molecule has 4 aromatic carbocycles. The minimum Gasteiger partial charge on any atom is -0.478 e. The summed E-state index contributed by atoms with van der Waals surface area (Å²) in [7, 11) is 3.25. The van der Waals surface area contributed by atoms with Gasteiger partial charge < -0.3 is 20.3 Å². The summed E-state index contributed by atoms with van der Waals surface area (Å²) in [6, 6.07) is 24.2. The molecule has 2 heterocycles. The average Bonchev–Trinajstić information content (AvgIpc) is 3.32. The van der Waals surface area contributed by atoms with E-state index in [0.717, 1.165) is 33.8 Å². The van der Waals surface area contributed by atoms with E-state index in [9.17, 15) is 14.4 Å². The van der Waals surface area contributed by atoms with Crippen LogP contribution in [0.2, 0.25) is 0 Å². The Labute approximate surface area is 223 Å². The normalized spacial score (nSPS) is 14.2. The zero-order chi connectivity index (χ0) is 27.4. The van der Waals surface area contributed by atoms with E-state index in [1.807, 2.05) is 41.3 Å². The van der Waals surface area contributed by atoms with Crippen LogP contribution in [0.25, 0.3) is 10.8 Å². The van der Waals surface area contributed by atoms with Gasteiger partial charge in [0.15, 0.2) is 0 Å². The molecule has 8 nitrogen and oxygen atoms in total. The van der Waals surface area contributed by atoms with Crippen LogP contribution in [0.5, 0.6) is 0 Å². The summed E-state index contributed by atoms with van der Waals surface area (Å²) in [6.07, 6.45) is 1.65. The predicted molar refractivity (Wildman–Crippen MR) is 149 cm³/mol. The van der Waals surface area contributed by atoms with E-state index < -0.39 is 11.9 Å². The molecule has 2 aliphatic heterocycles. The van der Waals surface area contributed by atoms with E-state index in [0.29, 0.717) is 4.90 Å². The Morgan fingerprint density at radius 1 is 0.895 bits per heavy atom. The SMILES string of the molecule is COC.CSc1cc(C(=O)O)cc(C(=O)O)c1.O=C1c2cccc3cccc(c23)C2Nc3ccccc3N12. The number of methoxy groups -OCH3 is 1. The number of aromatic carboxylic acids is 2. The van der Waals surface area contributed by atoms with Gasteiger partial charge in [0.25, 0.3) is 5.91 Å². The standard InChI is InChI=1S/C18H12N2O.C9H8O4S.C2H6O/c21-18-13-8-4-6-11-5-3-7-12(16(11)13)17-19-14-9-1-2-10-15(14)20(17)18;1-14-7-3-5(8(10)11)2-6(4-7)9(12)13;1-3-2/h1-10,17,19H;2-4H,1H3,(H,10,11)(H,12,13);1-2H3. The number of fused-ring (bicyclic) bond motifs is 4. The minimum atomic E-state index is -1.12. The zero-order valence-corrected chi connectivity index (χ0v) is 21.8. The second kappa shape index (κ2) is 11.4. The molecule has 1 atom stereocenters. The number of hydrogen-bond donors (Lipinski definition) is 3. The van der Waals surface area contributed by atoms with Crippen molar-refractivity contribution in [2.75, 3.05) is 30.7 Å². The molecule has 9 heteroatoms. The summed E-state index contributed by atoms with van der Waals surface area (Å²) < 4.78 is 4.25. The number of ether oxygens (including phenoxy) is 1. The number of rotatable bonds is 3. The molecule has 0 fully saturated rings. The number of nitrogens with zero attached hydrogens (tertiary/aromatic N) is 1. The summed E-state index contributed by atoms with van der Waals surface area (Å²) in [5.41, 5.74) is 3.92. The number of anilines is 2. The molecule has 1 unspecified atom stereocenters. The monoisotopic (exact) mass is 530 g/mol. The molecule has 194 valence electrons. The molecule has 3 N–H and O–H groups in total. The van der Waals surface area contributed by atoms with Crippen molar-refractivity contribution in [2.45, 2.75) is 11.1 Å². The van der Waals surface area contributed by atoms with E-state index >= 15 is 0 Å². The van der Waals surface area contributed by atoms with Crippen LogP contribution in [0.4, 0.5) is 11.4 Å². The van der Waals surface area contributed by atoms with Crippen LogP contribution < -0.4 is 10.2 Å². The lowest BCUT2D eigenvalue weighted by Gasteiger charge is -2.31. The van der Waals surface area contributed by atoms with Crippen LogP contribution in [-0.2, 0) is 4.74 Å². The van der Waals surface area contributed by atoms with Crippen LogP contribution >= 0.6 is 11.8 Å². The van der Waals surface area contributed by atoms with Crippen LogP contribution in [-0.4, -0.2) is 48.5 Å². The summed E-state index contributed by atoms with van der Waals surface area (Å²) in [6.45, 7) is 0. The van der Waals surface area contributed by atoms with Crippen molar-refractivity contribution in [1.29, 1.82) is 0 Å². The predicted octanol–water partition coefficient (Wildman–Crippen LogP) is 5.99. The van der Waals surface area contributed by atoms with Gasteiger partial charge in [0.1, 0.15) is 6.17 Å². The van der Waals surface area contributed by atoms with E-state index in [1.54, 1.807) is 20.5 Å². The fourth-order valence-corrected chi connectivity index (χ4v) is 4.96. The average molecular weight is 531 g/mol. The van der Waals surface area contributed by atoms with E-state index in [2.05, 4.69) is 34.3 Å². The summed E-state index contributed by atoms with van der Waals surface area (Å²) in [5, 5.41) is 23.1. The second-order valence-corrected chi connectivity index (χ2v) is 9.34. The highest BCUT2D eigenvalue weighted by molar-refractivity contribution is 7.98. The molecule has 0 aromatic heterocycles. The molecule has 0 radical (unpaired) electrons. The largest absolute Gasteiger partial charge is 0.478 e. The van der Waals surface area contributed by atoms with Crippen molar-refractivity contribution in [3.05, 3.63) is 101 Å². The molecule has 2 aliphatic rings. The third-order valence-corrected chi connectivity index (χ3v) is 6.74. The topological polar surface area (TPSA) is 116 Å². The Kier molecular flexibility index (Phi) is 7.99. The number of amides is 1. The van der Waals surface area contributed by atoms with Gasteiger partial charge in [-0.05, 0) is 48.0 Å². The third kappa shape index (κ3) is 5.06. The minimum absolute atomic E-state index is 0.00532. The van der Waals surface area contributed by atoms with Gasteiger partial charge in [-0.15, -0.1) is 11.8 Å². The third-order valence-electron chi connectivity index (χ3n) is 6.03. The molecule has 4 aromatic rings. The number of carbonyl (C=O) groups is 3. The maximum atomic E-state index is 12.9. The van der Waals surface area contributed by atoms with Gasteiger partial charge in [0.05, 0.1) is 22.5 Å². The van der Waals surface area contributed by atoms with Crippen LogP contribution in [0.15, 0.2) is 83.8 Å². The number of para-hydroxylation sites is 2. The Morgan fingerprint density at radius 3 is 2.11 bits per heavy atom. The highest BCUT2D eigenvalue weighted by Crippen LogP contribution is 2.46. The van der Waals surface area contributed by atoms with Crippen LogP contribution in [0.3, 0.4) is 0 Å². The first-order valence-corrected chi connectivity index (χ1v) is 12.8. The van der Waals surface area contributed by atoms with Crippen LogP contribution in [0, 0.1) is 0 Å². The first kappa shape index (κ1) is 26.7. The summed E-state index contributed by atoms with van der Waals surface area (Å²) in [4.78, 5) is 36.7. The highest BCUT2D eigenvalue weighted by atomic mass is 32.2. The molecule has 0 saturated heterocycles. The van der Waals surface area contributed by atoms with Crippen molar-refractivity contribution in [3.8, 4) is 0 Å². The van der Waals surface area contributed by atoms with Crippen molar-refractivity contribution in [1.82, 2.24) is 0 Å². The zero-order valence-electron chi connectivity index (χ0n) is 21.0. The molecule has 0 saturated carbocycles. The molecule has 0 spiro atoms. The Bertz CT molecular complexity index is 1500. The Morgan fingerprint density at radius 2 is 1.50 bits per heavy atom. The van der Waals surface area contributed by atoms with Crippen molar-refractivity contribution < 1.29 is 29.3 Å². The lowest BCUT2D eigenvalue weighted by atomic mass is 9.93. The molecule has 0 bridgehead atoms. The van der Waals surface area contributed by atoms with E-state index in [-0.39, 0.29) is 23.2 Å². The van der Waals surface area contributed by atoms with Crippen molar-refractivity contribution in [3.63, 3.8) is 0 Å². The first-order chi connectivity index (χ1) is 18.3. The fourth-order valence-electron chi connectivity index (χ4n) is 4.47. The van der Waals surface area contributed by atoms with Gasteiger partial charge in [-0.1, -0.05) is 42.5 Å². The van der Waals surface area contributed by atoms with Gasteiger partial charge in [0, 0.05) is 35.6 Å². The number of carboxylic acids is 2. The summed E-state index contributed by atoms with van der Waals surface area (Å²) in [5.74, 6) is -2.17. The molecule has 1 amide bonds. The number of nitrogens with one attached hydrogen (secondary N) is 1.